The van der Waals surface area contributed by atoms with Crippen molar-refractivity contribution in [3.8, 4) is 0 Å². The fourth-order valence-corrected chi connectivity index (χ4v) is 4.46. The van der Waals surface area contributed by atoms with Crippen LogP contribution in [0.2, 0.25) is 0 Å². The van der Waals surface area contributed by atoms with Crippen LogP contribution in [0.1, 0.15) is 25.7 Å². The largest absolute Gasteiger partial charge is 0.424 e. The first-order valence-corrected chi connectivity index (χ1v) is 10.9. The number of piperidine rings is 1. The maximum absolute atomic E-state index is 12.4. The molecule has 7 nitrogen and oxygen atoms in total. The van der Waals surface area contributed by atoms with Gasteiger partial charge in [0.25, 0.3) is 6.01 Å². The van der Waals surface area contributed by atoms with Crippen molar-refractivity contribution in [3.05, 3.63) is 24.3 Å². The van der Waals surface area contributed by atoms with Crippen LogP contribution in [-0.2, 0) is 9.53 Å². The summed E-state index contributed by atoms with van der Waals surface area (Å²) in [5.74, 6) is 1.68. The number of likely N-dealkylation sites (tertiary alicyclic amines) is 1. The maximum Gasteiger partial charge on any atom is 0.295 e. The Morgan fingerprint density at radius 3 is 2.66 bits per heavy atom. The minimum absolute atomic E-state index is 0.0438. The molecule has 1 amide bonds. The van der Waals surface area contributed by atoms with Crippen molar-refractivity contribution in [2.24, 2.45) is 11.8 Å². The summed E-state index contributed by atoms with van der Waals surface area (Å²) in [6.45, 7) is 5.89. The topological polar surface area (TPSA) is 70.8 Å². The molecule has 3 heterocycles. The first-order chi connectivity index (χ1) is 14.2. The number of benzene rings is 1. The van der Waals surface area contributed by atoms with Gasteiger partial charge in [-0.05, 0) is 62.7 Å². The summed E-state index contributed by atoms with van der Waals surface area (Å²) in [5, 5.41) is 3.23. The summed E-state index contributed by atoms with van der Waals surface area (Å²) in [6.07, 6.45) is 5.19. The molecule has 0 radical (unpaired) electrons. The fourth-order valence-electron chi connectivity index (χ4n) is 4.46. The van der Waals surface area contributed by atoms with Crippen molar-refractivity contribution in [1.29, 1.82) is 0 Å². The third kappa shape index (κ3) is 4.73. The van der Waals surface area contributed by atoms with Gasteiger partial charge in [-0.15, -0.1) is 0 Å². The van der Waals surface area contributed by atoms with E-state index in [1.807, 2.05) is 29.2 Å². The van der Waals surface area contributed by atoms with E-state index in [-0.39, 0.29) is 18.6 Å². The number of ether oxygens (including phenoxy) is 1. The molecule has 1 saturated carbocycles. The molecule has 1 aromatic carbocycles. The van der Waals surface area contributed by atoms with Gasteiger partial charge in [-0.1, -0.05) is 12.1 Å². The van der Waals surface area contributed by atoms with E-state index < -0.39 is 0 Å². The number of hydrogen-bond donors (Lipinski definition) is 1. The Morgan fingerprint density at radius 2 is 1.86 bits per heavy atom. The number of amides is 1. The van der Waals surface area contributed by atoms with E-state index in [1.54, 1.807) is 0 Å². The Kier molecular flexibility index (Phi) is 5.42. The zero-order valence-corrected chi connectivity index (χ0v) is 16.9. The number of para-hydroxylation sites is 2. The van der Waals surface area contributed by atoms with Gasteiger partial charge in [0, 0.05) is 26.2 Å². The SMILES string of the molecule is O=C1COC(CNc2nc3ccccc3o2)CN1CC1CCN(CC2CC2)CC1. The van der Waals surface area contributed by atoms with Crippen LogP contribution in [0.15, 0.2) is 28.7 Å². The molecule has 5 rings (SSSR count). The van der Waals surface area contributed by atoms with Crippen LogP contribution in [0, 0.1) is 11.8 Å². The lowest BCUT2D eigenvalue weighted by molar-refractivity contribution is -0.149. The molecule has 0 bridgehead atoms. The molecule has 156 valence electrons. The fraction of sp³-hybridized carbons (Fsp3) is 0.636. The second-order valence-electron chi connectivity index (χ2n) is 8.79. The predicted molar refractivity (Wildman–Crippen MR) is 111 cm³/mol. The highest BCUT2D eigenvalue weighted by Gasteiger charge is 2.31. The van der Waals surface area contributed by atoms with Gasteiger partial charge in [0.1, 0.15) is 12.1 Å². The zero-order valence-electron chi connectivity index (χ0n) is 16.9. The minimum atomic E-state index is -0.0438. The summed E-state index contributed by atoms with van der Waals surface area (Å²) in [4.78, 5) is 21.4. The van der Waals surface area contributed by atoms with Crippen LogP contribution >= 0.6 is 0 Å². The van der Waals surface area contributed by atoms with Crippen molar-refractivity contribution in [1.82, 2.24) is 14.8 Å². The van der Waals surface area contributed by atoms with Crippen molar-refractivity contribution < 1.29 is 13.9 Å². The highest BCUT2D eigenvalue weighted by molar-refractivity contribution is 5.78. The molecule has 7 heteroatoms. The van der Waals surface area contributed by atoms with Gasteiger partial charge in [-0.3, -0.25) is 4.79 Å². The molecule has 2 aliphatic heterocycles. The highest BCUT2D eigenvalue weighted by atomic mass is 16.5. The lowest BCUT2D eigenvalue weighted by atomic mass is 9.95. The number of fused-ring (bicyclic) bond motifs is 1. The Hall–Kier alpha value is -2.12. The van der Waals surface area contributed by atoms with Crippen molar-refractivity contribution in [2.45, 2.75) is 31.8 Å². The van der Waals surface area contributed by atoms with Gasteiger partial charge in [0.2, 0.25) is 5.91 Å². The summed E-state index contributed by atoms with van der Waals surface area (Å²) < 4.78 is 11.4. The van der Waals surface area contributed by atoms with Crippen LogP contribution < -0.4 is 5.32 Å². The number of carbonyl (C=O) groups is 1. The Balaban J connectivity index is 1.10. The van der Waals surface area contributed by atoms with E-state index in [0.29, 0.717) is 25.0 Å². The number of hydrogen-bond acceptors (Lipinski definition) is 6. The summed E-state index contributed by atoms with van der Waals surface area (Å²) in [6, 6.07) is 8.21. The monoisotopic (exact) mass is 398 g/mol. The Morgan fingerprint density at radius 1 is 1.07 bits per heavy atom. The molecular weight excluding hydrogens is 368 g/mol. The van der Waals surface area contributed by atoms with Gasteiger partial charge < -0.3 is 24.3 Å². The number of aromatic nitrogens is 1. The third-order valence-corrected chi connectivity index (χ3v) is 6.39. The van der Waals surface area contributed by atoms with Crippen molar-refractivity contribution >= 4 is 23.0 Å². The average molecular weight is 399 g/mol. The van der Waals surface area contributed by atoms with Crippen LogP contribution in [0.5, 0.6) is 0 Å². The molecule has 0 spiro atoms. The summed E-state index contributed by atoms with van der Waals surface area (Å²) in [7, 11) is 0. The van der Waals surface area contributed by atoms with E-state index in [4.69, 9.17) is 9.15 Å². The number of carbonyl (C=O) groups excluding carboxylic acids is 1. The normalized spacial score (nSPS) is 24.3. The molecule has 1 N–H and O–H groups in total. The van der Waals surface area contributed by atoms with Crippen LogP contribution in [-0.4, -0.2) is 72.7 Å². The number of morpholine rings is 1. The average Bonchev–Trinajstić information content (AvgIpc) is 3.45. The molecular formula is C22H30N4O3. The molecule has 1 aliphatic carbocycles. The molecule has 29 heavy (non-hydrogen) atoms. The van der Waals surface area contributed by atoms with Crippen molar-refractivity contribution in [2.75, 3.05) is 51.2 Å². The molecule has 1 atom stereocenters. The summed E-state index contributed by atoms with van der Waals surface area (Å²) in [5.41, 5.74) is 1.61. The number of nitrogens with one attached hydrogen (secondary N) is 1. The smallest absolute Gasteiger partial charge is 0.295 e. The first-order valence-electron chi connectivity index (χ1n) is 10.9. The van der Waals surface area contributed by atoms with Crippen LogP contribution in [0.25, 0.3) is 11.1 Å². The molecule has 1 unspecified atom stereocenters. The van der Waals surface area contributed by atoms with Gasteiger partial charge in [-0.25, -0.2) is 0 Å². The second-order valence-corrected chi connectivity index (χ2v) is 8.79. The number of rotatable bonds is 7. The second kappa shape index (κ2) is 8.32. The Labute approximate surface area is 171 Å². The lowest BCUT2D eigenvalue weighted by Crippen LogP contribution is -2.51. The van der Waals surface area contributed by atoms with Gasteiger partial charge in [0.05, 0.1) is 6.10 Å². The van der Waals surface area contributed by atoms with E-state index in [2.05, 4.69) is 15.2 Å². The van der Waals surface area contributed by atoms with E-state index >= 15 is 0 Å². The number of nitrogens with zero attached hydrogens (tertiary/aromatic N) is 3. The third-order valence-electron chi connectivity index (χ3n) is 6.39. The Bertz CT molecular complexity index is 808. The highest BCUT2D eigenvalue weighted by Crippen LogP contribution is 2.31. The molecule has 2 saturated heterocycles. The maximum atomic E-state index is 12.4. The summed E-state index contributed by atoms with van der Waals surface area (Å²) >= 11 is 0. The number of anilines is 1. The van der Waals surface area contributed by atoms with E-state index in [9.17, 15) is 4.79 Å². The quantitative estimate of drug-likeness (QED) is 0.773. The number of oxazole rings is 1. The molecule has 3 aliphatic rings. The molecule has 1 aromatic heterocycles. The minimum Gasteiger partial charge on any atom is -0.424 e. The van der Waals surface area contributed by atoms with Crippen molar-refractivity contribution in [3.63, 3.8) is 0 Å². The predicted octanol–water partition coefficient (Wildman–Crippen LogP) is 2.59. The van der Waals surface area contributed by atoms with E-state index in [0.717, 1.165) is 23.6 Å². The molecule has 2 aromatic rings. The van der Waals surface area contributed by atoms with E-state index in [1.165, 1.54) is 45.3 Å². The zero-order chi connectivity index (χ0) is 19.6. The van der Waals surface area contributed by atoms with Gasteiger partial charge in [-0.2, -0.15) is 4.98 Å². The van der Waals surface area contributed by atoms with Crippen LogP contribution in [0.4, 0.5) is 6.01 Å². The first kappa shape index (κ1) is 18.9. The lowest BCUT2D eigenvalue weighted by Gasteiger charge is -2.38. The van der Waals surface area contributed by atoms with Gasteiger partial charge in [0.15, 0.2) is 5.58 Å². The standard InChI is InChI=1S/C22H30N4O3/c27-21-15-28-18(11-23-22-24-19-3-1-2-4-20(19)29-22)14-26(21)13-17-7-9-25(10-8-17)12-16-5-6-16/h1-4,16-18H,5-15H2,(H,23,24). The molecule has 3 fully saturated rings. The van der Waals surface area contributed by atoms with Gasteiger partial charge >= 0.3 is 0 Å². The van der Waals surface area contributed by atoms with Crippen LogP contribution in [0.3, 0.4) is 0 Å².